The zero-order valence-electron chi connectivity index (χ0n) is 22.1. The van der Waals surface area contributed by atoms with Crippen LogP contribution in [0.15, 0.2) is 42.9 Å². The topological polar surface area (TPSA) is 205 Å². The smallest absolute Gasteiger partial charge is 0.326 e. The summed E-state index contributed by atoms with van der Waals surface area (Å²) in [6.45, 7) is 0.418. The third-order valence-corrected chi connectivity index (χ3v) is 6.70. The number of H-pyrrole nitrogens is 1. The average Bonchev–Trinajstić information content (AvgIpc) is 3.43. The van der Waals surface area contributed by atoms with Crippen LogP contribution in [0.4, 0.5) is 0 Å². The fraction of sp³-hybridized carbons (Fsp3) is 0.500. The minimum Gasteiger partial charge on any atom is -0.480 e. The molecule has 0 aliphatic rings. The molecule has 214 valence electrons. The molecule has 2 aromatic rings. The maximum absolute atomic E-state index is 13.4. The van der Waals surface area contributed by atoms with Crippen molar-refractivity contribution in [1.82, 2.24) is 25.9 Å². The largest absolute Gasteiger partial charge is 0.480 e. The molecule has 3 amide bonds. The number of carbonyl (C=O) groups is 4. The summed E-state index contributed by atoms with van der Waals surface area (Å²) in [7, 11) is 0. The molecule has 0 radical (unpaired) electrons. The molecule has 0 saturated heterocycles. The van der Waals surface area contributed by atoms with Gasteiger partial charge < -0.3 is 37.5 Å². The van der Waals surface area contributed by atoms with Crippen LogP contribution in [0, 0.1) is 0 Å². The lowest BCUT2D eigenvalue weighted by Gasteiger charge is -2.25. The van der Waals surface area contributed by atoms with Crippen molar-refractivity contribution in [2.45, 2.75) is 62.7 Å². The van der Waals surface area contributed by atoms with E-state index in [0.717, 1.165) is 5.56 Å². The number of carboxylic acids is 1. The van der Waals surface area contributed by atoms with Gasteiger partial charge in [0.2, 0.25) is 17.7 Å². The fourth-order valence-corrected chi connectivity index (χ4v) is 4.33. The minimum atomic E-state index is -1.17. The number of nitrogens with zero attached hydrogens (tertiary/aromatic N) is 1. The van der Waals surface area contributed by atoms with E-state index in [1.165, 1.54) is 18.1 Å². The van der Waals surface area contributed by atoms with Crippen molar-refractivity contribution in [3.05, 3.63) is 54.1 Å². The van der Waals surface area contributed by atoms with E-state index in [2.05, 4.69) is 25.9 Å². The summed E-state index contributed by atoms with van der Waals surface area (Å²) in [6, 6.07) is 5.02. The highest BCUT2D eigenvalue weighted by molar-refractivity contribution is 7.98. The van der Waals surface area contributed by atoms with E-state index in [0.29, 0.717) is 37.3 Å². The van der Waals surface area contributed by atoms with Crippen molar-refractivity contribution in [2.75, 3.05) is 18.6 Å². The van der Waals surface area contributed by atoms with E-state index in [9.17, 15) is 24.3 Å². The predicted octanol–water partition coefficient (Wildman–Crippen LogP) is -0.0567. The average molecular weight is 562 g/mol. The molecule has 13 heteroatoms. The second kappa shape index (κ2) is 17.2. The summed E-state index contributed by atoms with van der Waals surface area (Å²) in [4.78, 5) is 57.9. The van der Waals surface area contributed by atoms with Gasteiger partial charge in [-0.2, -0.15) is 11.8 Å². The number of nitrogens with one attached hydrogen (secondary N) is 4. The lowest BCUT2D eigenvalue weighted by molar-refractivity contribution is -0.142. The second-order valence-corrected chi connectivity index (χ2v) is 10.2. The summed E-state index contributed by atoms with van der Waals surface area (Å²) in [5.74, 6) is -2.29. The van der Waals surface area contributed by atoms with Crippen molar-refractivity contribution in [3.63, 3.8) is 0 Å². The number of aromatic amines is 1. The van der Waals surface area contributed by atoms with Crippen molar-refractivity contribution in [2.24, 2.45) is 11.5 Å². The lowest BCUT2D eigenvalue weighted by atomic mass is 10.0. The van der Waals surface area contributed by atoms with Crippen LogP contribution >= 0.6 is 11.8 Å². The zero-order valence-corrected chi connectivity index (χ0v) is 22.9. The third-order valence-electron chi connectivity index (χ3n) is 6.05. The molecule has 39 heavy (non-hydrogen) atoms. The van der Waals surface area contributed by atoms with Crippen molar-refractivity contribution >= 4 is 35.5 Å². The summed E-state index contributed by atoms with van der Waals surface area (Å²) in [5.41, 5.74) is 13.0. The van der Waals surface area contributed by atoms with Crippen LogP contribution < -0.4 is 27.4 Å². The van der Waals surface area contributed by atoms with Crippen LogP contribution in [-0.4, -0.2) is 81.5 Å². The number of carboxylic acid groups (broad SMARTS) is 1. The fourth-order valence-electron chi connectivity index (χ4n) is 3.86. The number of nitrogens with two attached hydrogens (primary N) is 2. The van der Waals surface area contributed by atoms with E-state index in [1.54, 1.807) is 6.20 Å². The number of unbranched alkanes of at least 4 members (excludes halogenated alkanes) is 1. The number of imidazole rings is 1. The van der Waals surface area contributed by atoms with Gasteiger partial charge in [0.1, 0.15) is 18.1 Å². The molecule has 0 aliphatic carbocycles. The van der Waals surface area contributed by atoms with Crippen LogP contribution in [-0.2, 0) is 32.0 Å². The van der Waals surface area contributed by atoms with Gasteiger partial charge in [-0.1, -0.05) is 30.3 Å². The number of thioether (sulfide) groups is 1. The Morgan fingerprint density at radius 1 is 0.949 bits per heavy atom. The van der Waals surface area contributed by atoms with Crippen LogP contribution in [0.3, 0.4) is 0 Å². The molecule has 0 saturated carbocycles. The normalized spacial score (nSPS) is 14.0. The number of benzene rings is 1. The minimum absolute atomic E-state index is 0.135. The molecule has 2 rings (SSSR count). The highest BCUT2D eigenvalue weighted by Gasteiger charge is 2.30. The Labute approximate surface area is 232 Å². The van der Waals surface area contributed by atoms with Gasteiger partial charge in [-0.25, -0.2) is 9.78 Å². The Morgan fingerprint density at radius 3 is 2.23 bits per heavy atom. The van der Waals surface area contributed by atoms with Gasteiger partial charge in [-0.05, 0) is 49.8 Å². The number of hydrogen-bond acceptors (Lipinski definition) is 8. The van der Waals surface area contributed by atoms with Gasteiger partial charge >= 0.3 is 5.97 Å². The molecule has 1 heterocycles. The first-order valence-electron chi connectivity index (χ1n) is 12.8. The lowest BCUT2D eigenvalue weighted by Crippen LogP contribution is -2.58. The molecular formula is C26H39N7O5S. The molecule has 0 fully saturated rings. The number of aliphatic carboxylic acids is 1. The number of amides is 3. The van der Waals surface area contributed by atoms with Crippen LogP contribution in [0.1, 0.15) is 36.9 Å². The monoisotopic (exact) mass is 561 g/mol. The van der Waals surface area contributed by atoms with Crippen LogP contribution in [0.5, 0.6) is 0 Å². The van der Waals surface area contributed by atoms with E-state index in [-0.39, 0.29) is 19.3 Å². The molecule has 9 N–H and O–H groups in total. The van der Waals surface area contributed by atoms with Gasteiger partial charge in [0.15, 0.2) is 0 Å². The van der Waals surface area contributed by atoms with Gasteiger partial charge in [0.05, 0.1) is 12.4 Å². The van der Waals surface area contributed by atoms with Crippen molar-refractivity contribution < 1.29 is 24.3 Å². The van der Waals surface area contributed by atoms with Crippen molar-refractivity contribution in [1.29, 1.82) is 0 Å². The summed E-state index contributed by atoms with van der Waals surface area (Å²) < 4.78 is 0. The Bertz CT molecular complexity index is 1040. The number of rotatable bonds is 18. The molecule has 0 spiro atoms. The molecule has 12 nitrogen and oxygen atoms in total. The zero-order chi connectivity index (χ0) is 28.6. The Morgan fingerprint density at radius 2 is 1.62 bits per heavy atom. The number of carbonyl (C=O) groups excluding carboxylic acids is 3. The highest BCUT2D eigenvalue weighted by Crippen LogP contribution is 2.08. The molecular weight excluding hydrogens is 522 g/mol. The Balaban J connectivity index is 2.16. The first-order valence-corrected chi connectivity index (χ1v) is 14.2. The van der Waals surface area contributed by atoms with Crippen LogP contribution in [0.2, 0.25) is 0 Å². The summed E-state index contributed by atoms with van der Waals surface area (Å²) >= 11 is 1.51. The Kier molecular flexibility index (Phi) is 14.0. The van der Waals surface area contributed by atoms with Gasteiger partial charge in [0.25, 0.3) is 0 Å². The molecule has 1 aromatic heterocycles. The first kappa shape index (κ1) is 31.8. The Hall–Kier alpha value is -3.42. The molecule has 4 atom stereocenters. The van der Waals surface area contributed by atoms with E-state index in [4.69, 9.17) is 11.5 Å². The highest BCUT2D eigenvalue weighted by atomic mass is 32.2. The molecule has 0 aliphatic heterocycles. The number of aromatic nitrogens is 2. The molecule has 0 bridgehead atoms. The summed E-state index contributed by atoms with van der Waals surface area (Å²) in [5, 5.41) is 17.6. The third kappa shape index (κ3) is 11.5. The summed E-state index contributed by atoms with van der Waals surface area (Å²) in [6.07, 6.45) is 6.96. The van der Waals surface area contributed by atoms with Crippen molar-refractivity contribution in [3.8, 4) is 0 Å². The number of hydrogen-bond donors (Lipinski definition) is 7. The van der Waals surface area contributed by atoms with Gasteiger partial charge in [-0.3, -0.25) is 14.4 Å². The molecule has 4 unspecified atom stereocenters. The quantitative estimate of drug-likeness (QED) is 0.122. The maximum Gasteiger partial charge on any atom is 0.326 e. The standard InChI is InChI=1S/C26H39N7O5S/c1-39-12-10-20(31-23(34)19(28)14-18-15-29-16-30-18)24(35)33-22(13-17-7-3-2-4-8-17)25(36)32-21(26(37)38)9-5-6-11-27/h2-4,7-8,15-16,19-22H,5-6,9-14,27-28H2,1H3,(H,29,30)(H,31,34)(H,32,36)(H,33,35)(H,37,38). The van der Waals surface area contributed by atoms with Crippen LogP contribution in [0.25, 0.3) is 0 Å². The molecule has 1 aromatic carbocycles. The van der Waals surface area contributed by atoms with E-state index in [1.807, 2.05) is 36.6 Å². The van der Waals surface area contributed by atoms with E-state index >= 15 is 0 Å². The predicted molar refractivity (Wildman–Crippen MR) is 150 cm³/mol. The van der Waals surface area contributed by atoms with Gasteiger partial charge in [0, 0.05) is 24.7 Å². The first-order chi connectivity index (χ1) is 18.7. The maximum atomic E-state index is 13.4. The van der Waals surface area contributed by atoms with E-state index < -0.39 is 47.9 Å². The second-order valence-electron chi connectivity index (χ2n) is 9.16. The SMILES string of the molecule is CSCCC(NC(=O)C(N)Cc1cnc[nH]1)C(=O)NC(Cc1ccccc1)C(=O)NC(CCCCN)C(=O)O. The van der Waals surface area contributed by atoms with Gasteiger partial charge in [-0.15, -0.1) is 0 Å².